The molecule has 1 saturated heterocycles. The number of hydrogen-bond donors (Lipinski definition) is 1. The van der Waals surface area contributed by atoms with Gasteiger partial charge in [-0.1, -0.05) is 6.07 Å². The van der Waals surface area contributed by atoms with Crippen LogP contribution in [0.4, 0.5) is 5.69 Å². The molecule has 5 heteroatoms. The first kappa shape index (κ1) is 18.1. The van der Waals surface area contributed by atoms with Crippen molar-refractivity contribution in [3.63, 3.8) is 0 Å². The fourth-order valence-corrected chi connectivity index (χ4v) is 3.98. The standard InChI is InChI=1S/C22H28N2O3/c1-16-13-18-14-17(3-8-22(18)27-16)21(25)15-23-9-11-24(12-10-23)19-4-6-20(26-2)7-5-19/h3-8,14,16,21,25H,9-13,15H2,1-2H3/t16-,21+/m1/s1. The molecule has 0 radical (unpaired) electrons. The van der Waals surface area contributed by atoms with Gasteiger partial charge >= 0.3 is 0 Å². The molecule has 0 aliphatic carbocycles. The molecule has 0 bridgehead atoms. The maximum absolute atomic E-state index is 10.7. The van der Waals surface area contributed by atoms with E-state index in [1.54, 1.807) is 7.11 Å². The Labute approximate surface area is 161 Å². The fraction of sp³-hybridized carbons (Fsp3) is 0.455. The molecule has 2 aliphatic rings. The maximum Gasteiger partial charge on any atom is 0.123 e. The predicted octanol–water partition coefficient (Wildman–Crippen LogP) is 2.87. The Balaban J connectivity index is 1.31. The summed E-state index contributed by atoms with van der Waals surface area (Å²) in [5.41, 5.74) is 3.43. The van der Waals surface area contributed by atoms with Gasteiger partial charge in [0, 0.05) is 44.8 Å². The highest BCUT2D eigenvalue weighted by Gasteiger charge is 2.23. The van der Waals surface area contributed by atoms with Crippen molar-refractivity contribution in [3.05, 3.63) is 53.6 Å². The SMILES string of the molecule is COc1ccc(N2CCN(C[C@H](O)c3ccc4c(c3)C[C@@H](C)O4)CC2)cc1. The maximum atomic E-state index is 10.7. The Bertz CT molecular complexity index is 770. The second-order valence-electron chi connectivity index (χ2n) is 7.50. The normalized spacial score (nSPS) is 20.9. The van der Waals surface area contributed by atoms with Gasteiger partial charge in [-0.05, 0) is 54.4 Å². The van der Waals surface area contributed by atoms with Crippen LogP contribution in [0.2, 0.25) is 0 Å². The lowest BCUT2D eigenvalue weighted by molar-refractivity contribution is 0.109. The summed E-state index contributed by atoms with van der Waals surface area (Å²) in [6, 6.07) is 14.3. The molecule has 0 saturated carbocycles. The van der Waals surface area contributed by atoms with Crippen molar-refractivity contribution in [2.24, 2.45) is 0 Å². The Morgan fingerprint density at radius 2 is 1.85 bits per heavy atom. The second-order valence-corrected chi connectivity index (χ2v) is 7.50. The largest absolute Gasteiger partial charge is 0.497 e. The molecule has 0 unspecified atom stereocenters. The zero-order chi connectivity index (χ0) is 18.8. The molecule has 5 nitrogen and oxygen atoms in total. The van der Waals surface area contributed by atoms with E-state index in [4.69, 9.17) is 9.47 Å². The molecule has 2 aromatic carbocycles. The van der Waals surface area contributed by atoms with E-state index in [1.165, 1.54) is 11.3 Å². The van der Waals surface area contributed by atoms with Gasteiger partial charge in [0.15, 0.2) is 0 Å². The first-order valence-electron chi connectivity index (χ1n) is 9.71. The summed E-state index contributed by atoms with van der Waals surface area (Å²) >= 11 is 0. The summed E-state index contributed by atoms with van der Waals surface area (Å²) in [4.78, 5) is 4.73. The Morgan fingerprint density at radius 1 is 1.11 bits per heavy atom. The minimum absolute atomic E-state index is 0.235. The number of piperazine rings is 1. The van der Waals surface area contributed by atoms with Crippen LogP contribution in [-0.2, 0) is 6.42 Å². The summed E-state index contributed by atoms with van der Waals surface area (Å²) in [7, 11) is 1.69. The first-order chi connectivity index (χ1) is 13.1. The van der Waals surface area contributed by atoms with E-state index in [9.17, 15) is 5.11 Å². The van der Waals surface area contributed by atoms with E-state index < -0.39 is 6.10 Å². The van der Waals surface area contributed by atoms with E-state index >= 15 is 0 Å². The predicted molar refractivity (Wildman–Crippen MR) is 107 cm³/mol. The van der Waals surface area contributed by atoms with Crippen molar-refractivity contribution in [3.8, 4) is 11.5 Å². The quantitative estimate of drug-likeness (QED) is 0.879. The van der Waals surface area contributed by atoms with Crippen LogP contribution in [-0.4, -0.2) is 55.9 Å². The zero-order valence-electron chi connectivity index (χ0n) is 16.1. The second kappa shape index (κ2) is 7.79. The summed E-state index contributed by atoms with van der Waals surface area (Å²) in [5, 5.41) is 10.7. The Hall–Kier alpha value is -2.24. The third kappa shape index (κ3) is 4.04. The van der Waals surface area contributed by atoms with Crippen LogP contribution in [0.5, 0.6) is 11.5 Å². The van der Waals surface area contributed by atoms with E-state index in [-0.39, 0.29) is 6.10 Å². The van der Waals surface area contributed by atoms with Gasteiger partial charge in [0.2, 0.25) is 0 Å². The van der Waals surface area contributed by atoms with Crippen LogP contribution in [0.1, 0.15) is 24.2 Å². The van der Waals surface area contributed by atoms with Gasteiger partial charge in [-0.25, -0.2) is 0 Å². The van der Waals surface area contributed by atoms with Gasteiger partial charge in [0.25, 0.3) is 0 Å². The van der Waals surface area contributed by atoms with Gasteiger partial charge in [-0.3, -0.25) is 4.90 Å². The van der Waals surface area contributed by atoms with E-state index in [0.717, 1.165) is 49.7 Å². The van der Waals surface area contributed by atoms with Gasteiger partial charge in [0.05, 0.1) is 13.2 Å². The minimum atomic E-state index is -0.459. The van der Waals surface area contributed by atoms with Gasteiger partial charge in [0.1, 0.15) is 17.6 Å². The van der Waals surface area contributed by atoms with Crippen LogP contribution in [0.15, 0.2) is 42.5 Å². The number of nitrogens with zero attached hydrogens (tertiary/aromatic N) is 2. The summed E-state index contributed by atoms with van der Waals surface area (Å²) in [6.07, 6.45) is 0.702. The molecule has 1 N–H and O–H groups in total. The van der Waals surface area contributed by atoms with Crippen molar-refractivity contribution >= 4 is 5.69 Å². The molecule has 144 valence electrons. The number of anilines is 1. The van der Waals surface area contributed by atoms with Gasteiger partial charge in [-0.15, -0.1) is 0 Å². The van der Waals surface area contributed by atoms with Crippen molar-refractivity contribution in [1.29, 1.82) is 0 Å². The number of benzene rings is 2. The number of ether oxygens (including phenoxy) is 2. The summed E-state index contributed by atoms with van der Waals surface area (Å²) in [6.45, 7) is 6.59. The zero-order valence-corrected chi connectivity index (χ0v) is 16.1. The van der Waals surface area contributed by atoms with Crippen molar-refractivity contribution in [2.45, 2.75) is 25.6 Å². The van der Waals surface area contributed by atoms with Crippen LogP contribution in [0.25, 0.3) is 0 Å². The highest BCUT2D eigenvalue weighted by Crippen LogP contribution is 2.31. The molecule has 0 amide bonds. The fourth-order valence-electron chi connectivity index (χ4n) is 3.98. The highest BCUT2D eigenvalue weighted by atomic mass is 16.5. The number of fused-ring (bicyclic) bond motifs is 1. The van der Waals surface area contributed by atoms with E-state index in [2.05, 4.69) is 34.9 Å². The molecule has 27 heavy (non-hydrogen) atoms. The summed E-state index contributed by atoms with van der Waals surface area (Å²) < 4.78 is 11.0. The van der Waals surface area contributed by atoms with Crippen LogP contribution < -0.4 is 14.4 Å². The molecule has 2 atom stereocenters. The molecule has 0 spiro atoms. The Morgan fingerprint density at radius 3 is 2.56 bits per heavy atom. The summed E-state index contributed by atoms with van der Waals surface area (Å²) in [5.74, 6) is 1.85. The third-order valence-electron chi connectivity index (χ3n) is 5.55. The van der Waals surface area contributed by atoms with Crippen LogP contribution >= 0.6 is 0 Å². The lowest BCUT2D eigenvalue weighted by atomic mass is 10.0. The van der Waals surface area contributed by atoms with Gasteiger partial charge in [-0.2, -0.15) is 0 Å². The number of rotatable bonds is 5. The van der Waals surface area contributed by atoms with Crippen molar-refractivity contribution in [2.75, 3.05) is 44.7 Å². The van der Waals surface area contributed by atoms with Gasteiger partial charge < -0.3 is 19.5 Å². The molecule has 1 fully saturated rings. The van der Waals surface area contributed by atoms with Crippen molar-refractivity contribution in [1.82, 2.24) is 4.90 Å². The lowest BCUT2D eigenvalue weighted by Gasteiger charge is -2.37. The molecule has 2 aromatic rings. The lowest BCUT2D eigenvalue weighted by Crippen LogP contribution is -2.47. The molecule has 2 aliphatic heterocycles. The Kier molecular flexibility index (Phi) is 5.23. The highest BCUT2D eigenvalue weighted by molar-refractivity contribution is 5.49. The average Bonchev–Trinajstić information content (AvgIpc) is 3.08. The van der Waals surface area contributed by atoms with Crippen LogP contribution in [0.3, 0.4) is 0 Å². The topological polar surface area (TPSA) is 45.2 Å². The van der Waals surface area contributed by atoms with Crippen molar-refractivity contribution < 1.29 is 14.6 Å². The minimum Gasteiger partial charge on any atom is -0.497 e. The number of β-amino-alcohol motifs (C(OH)–C–C–N with tert-alkyl or cyclic N) is 1. The molecular weight excluding hydrogens is 340 g/mol. The third-order valence-corrected chi connectivity index (χ3v) is 5.55. The molecule has 0 aromatic heterocycles. The smallest absolute Gasteiger partial charge is 0.123 e. The molecule has 2 heterocycles. The molecule has 4 rings (SSSR count). The number of hydrogen-bond acceptors (Lipinski definition) is 5. The number of aliphatic hydroxyl groups is 1. The monoisotopic (exact) mass is 368 g/mol. The van der Waals surface area contributed by atoms with E-state index in [1.807, 2.05) is 24.3 Å². The molecular formula is C22H28N2O3. The van der Waals surface area contributed by atoms with E-state index in [0.29, 0.717) is 6.54 Å². The first-order valence-corrected chi connectivity index (χ1v) is 9.71. The average molecular weight is 368 g/mol. The van der Waals surface area contributed by atoms with Crippen LogP contribution in [0, 0.1) is 0 Å². The number of methoxy groups -OCH3 is 1. The number of aliphatic hydroxyl groups excluding tert-OH is 1.